The van der Waals surface area contributed by atoms with Gasteiger partial charge in [-0.15, -0.1) is 0 Å². The van der Waals surface area contributed by atoms with Crippen molar-refractivity contribution in [3.8, 4) is 0 Å². The molecule has 2 aromatic carbocycles. The van der Waals surface area contributed by atoms with Crippen LogP contribution in [0, 0.1) is 11.8 Å². The minimum atomic E-state index is -1.28. The molecule has 2 aromatic rings. The van der Waals surface area contributed by atoms with Crippen LogP contribution in [0.25, 0.3) is 0 Å². The van der Waals surface area contributed by atoms with Gasteiger partial charge in [-0.1, -0.05) is 68.4 Å². The van der Waals surface area contributed by atoms with Crippen molar-refractivity contribution in [1.82, 2.24) is 10.9 Å². The average Bonchev–Trinajstić information content (AvgIpc) is 3.10. The van der Waals surface area contributed by atoms with E-state index in [1.165, 1.54) is 5.56 Å². The zero-order chi connectivity index (χ0) is 22.2. The molecule has 4 N–H and O–H groups in total. The van der Waals surface area contributed by atoms with Crippen LogP contribution in [0.3, 0.4) is 0 Å². The smallest absolute Gasteiger partial charge is 0.312 e. The first-order valence-electron chi connectivity index (χ1n) is 11.0. The first kappa shape index (κ1) is 22.0. The molecule has 2 fully saturated rings. The molecule has 1 heterocycles. The summed E-state index contributed by atoms with van der Waals surface area (Å²) in [6.07, 6.45) is -0.478. The van der Waals surface area contributed by atoms with Gasteiger partial charge in [0.2, 0.25) is 0 Å². The van der Waals surface area contributed by atoms with Crippen LogP contribution < -0.4 is 10.9 Å². The zero-order valence-corrected chi connectivity index (χ0v) is 18.3. The molecule has 0 radical (unpaired) electrons. The van der Waals surface area contributed by atoms with Crippen LogP contribution in [0.4, 0.5) is 0 Å². The summed E-state index contributed by atoms with van der Waals surface area (Å²) in [5, 5.41) is 22.0. The lowest BCUT2D eigenvalue weighted by Crippen LogP contribution is -2.56. The summed E-state index contributed by atoms with van der Waals surface area (Å²) in [4.78, 5) is 13.3. The standard InChI is InChI=1S/C25H32N2O4/c1-15(2)17-9-11-18(12-10-17)20-21-19(26-27-23(21)28)13-25(3,30)22(20)24(29)31-14-16-7-5-4-6-8-16/h4-12,15,19-23,26-28,30H,13-14H2,1-3H3. The summed E-state index contributed by atoms with van der Waals surface area (Å²) in [5.74, 6) is -1.50. The number of esters is 1. The minimum absolute atomic E-state index is 0.151. The normalized spacial score (nSPS) is 32.6. The van der Waals surface area contributed by atoms with Gasteiger partial charge in [-0.3, -0.25) is 10.2 Å². The van der Waals surface area contributed by atoms with E-state index in [0.29, 0.717) is 12.3 Å². The van der Waals surface area contributed by atoms with Gasteiger partial charge in [-0.05, 0) is 36.0 Å². The number of benzene rings is 2. The molecule has 2 aliphatic rings. The fourth-order valence-corrected chi connectivity index (χ4v) is 5.16. The highest BCUT2D eigenvalue weighted by Crippen LogP contribution is 2.50. The van der Waals surface area contributed by atoms with Gasteiger partial charge in [0.1, 0.15) is 12.8 Å². The second-order valence-corrected chi connectivity index (χ2v) is 9.40. The number of fused-ring (bicyclic) bond motifs is 1. The maximum Gasteiger partial charge on any atom is 0.312 e. The van der Waals surface area contributed by atoms with Gasteiger partial charge >= 0.3 is 5.97 Å². The zero-order valence-electron chi connectivity index (χ0n) is 18.3. The van der Waals surface area contributed by atoms with Gasteiger partial charge in [0.25, 0.3) is 0 Å². The van der Waals surface area contributed by atoms with Crippen LogP contribution in [0.2, 0.25) is 0 Å². The van der Waals surface area contributed by atoms with Crippen molar-refractivity contribution >= 4 is 5.97 Å². The monoisotopic (exact) mass is 424 g/mol. The fourth-order valence-electron chi connectivity index (χ4n) is 5.16. The van der Waals surface area contributed by atoms with Crippen LogP contribution in [-0.4, -0.2) is 34.1 Å². The Bertz CT molecular complexity index is 897. The molecular formula is C25H32N2O4. The summed E-state index contributed by atoms with van der Waals surface area (Å²) in [7, 11) is 0. The first-order valence-corrected chi connectivity index (χ1v) is 11.0. The number of carbonyl (C=O) groups is 1. The lowest BCUT2D eigenvalue weighted by Gasteiger charge is -2.47. The van der Waals surface area contributed by atoms with E-state index in [4.69, 9.17) is 4.74 Å². The van der Waals surface area contributed by atoms with Crippen molar-refractivity contribution in [2.24, 2.45) is 11.8 Å². The average molecular weight is 425 g/mol. The van der Waals surface area contributed by atoms with E-state index in [9.17, 15) is 15.0 Å². The molecule has 6 nitrogen and oxygen atoms in total. The number of carbonyl (C=O) groups excluding carboxylic acids is 1. The number of hydrogen-bond donors (Lipinski definition) is 4. The SMILES string of the molecule is CC(C)c1ccc(C2C3C(O)NNC3CC(C)(O)C2C(=O)OCc2ccccc2)cc1. The van der Waals surface area contributed by atoms with Crippen molar-refractivity contribution in [2.45, 2.75) is 63.5 Å². The van der Waals surface area contributed by atoms with Crippen LogP contribution in [0.1, 0.15) is 55.7 Å². The van der Waals surface area contributed by atoms with Gasteiger partial charge < -0.3 is 14.9 Å². The number of rotatable bonds is 5. The molecule has 0 amide bonds. The van der Waals surface area contributed by atoms with Crippen molar-refractivity contribution < 1.29 is 19.7 Å². The number of ether oxygens (including phenoxy) is 1. The highest BCUT2D eigenvalue weighted by Gasteiger charge is 2.58. The quantitative estimate of drug-likeness (QED) is 0.552. The molecule has 1 aliphatic carbocycles. The number of aliphatic hydroxyl groups excluding tert-OH is 1. The molecule has 4 rings (SSSR count). The third kappa shape index (κ3) is 4.39. The Hall–Kier alpha value is -2.25. The maximum absolute atomic E-state index is 13.3. The number of hydrazine groups is 1. The highest BCUT2D eigenvalue weighted by atomic mass is 16.5. The van der Waals surface area contributed by atoms with Crippen molar-refractivity contribution in [3.63, 3.8) is 0 Å². The molecule has 6 unspecified atom stereocenters. The van der Waals surface area contributed by atoms with Crippen molar-refractivity contribution in [1.29, 1.82) is 0 Å². The Morgan fingerprint density at radius 1 is 1.13 bits per heavy atom. The van der Waals surface area contributed by atoms with Gasteiger partial charge in [0.05, 0.1) is 11.5 Å². The summed E-state index contributed by atoms with van der Waals surface area (Å²) in [6.45, 7) is 6.11. The number of nitrogens with one attached hydrogen (secondary N) is 2. The lowest BCUT2D eigenvalue weighted by atomic mass is 9.60. The Kier molecular flexibility index (Phi) is 6.17. The van der Waals surface area contributed by atoms with Crippen molar-refractivity contribution in [3.05, 3.63) is 71.3 Å². The summed E-state index contributed by atoms with van der Waals surface area (Å²) < 4.78 is 5.68. The first-order chi connectivity index (χ1) is 14.8. The molecule has 31 heavy (non-hydrogen) atoms. The Labute approximate surface area is 183 Å². The molecular weight excluding hydrogens is 392 g/mol. The largest absolute Gasteiger partial charge is 0.461 e. The molecule has 0 spiro atoms. The summed E-state index contributed by atoms with van der Waals surface area (Å²) >= 11 is 0. The van der Waals surface area contributed by atoms with E-state index in [1.807, 2.05) is 42.5 Å². The Balaban J connectivity index is 1.67. The number of hydrogen-bond acceptors (Lipinski definition) is 6. The van der Waals surface area contributed by atoms with Crippen LogP contribution in [0.5, 0.6) is 0 Å². The van der Waals surface area contributed by atoms with Crippen LogP contribution in [-0.2, 0) is 16.1 Å². The van der Waals surface area contributed by atoms with E-state index in [2.05, 4.69) is 36.8 Å². The minimum Gasteiger partial charge on any atom is -0.461 e. The van der Waals surface area contributed by atoms with E-state index in [-0.39, 0.29) is 18.6 Å². The van der Waals surface area contributed by atoms with Crippen LogP contribution >= 0.6 is 0 Å². The predicted octanol–water partition coefficient (Wildman–Crippen LogP) is 2.82. The second-order valence-electron chi connectivity index (χ2n) is 9.40. The predicted molar refractivity (Wildman–Crippen MR) is 118 cm³/mol. The topological polar surface area (TPSA) is 90.8 Å². The molecule has 0 bridgehead atoms. The Morgan fingerprint density at radius 2 is 1.81 bits per heavy atom. The van der Waals surface area contributed by atoms with Gasteiger partial charge in [-0.25, -0.2) is 5.43 Å². The lowest BCUT2D eigenvalue weighted by molar-refractivity contribution is -0.168. The molecule has 6 heteroatoms. The summed E-state index contributed by atoms with van der Waals surface area (Å²) in [6, 6.07) is 17.5. The van der Waals surface area contributed by atoms with Gasteiger partial charge in [0.15, 0.2) is 0 Å². The molecule has 1 saturated carbocycles. The molecule has 1 aliphatic heterocycles. The fraction of sp³-hybridized carbons (Fsp3) is 0.480. The van der Waals surface area contributed by atoms with E-state index < -0.39 is 29.6 Å². The highest BCUT2D eigenvalue weighted by molar-refractivity contribution is 5.76. The van der Waals surface area contributed by atoms with E-state index in [0.717, 1.165) is 11.1 Å². The third-order valence-corrected chi connectivity index (χ3v) is 6.79. The third-order valence-electron chi connectivity index (χ3n) is 6.79. The van der Waals surface area contributed by atoms with Crippen molar-refractivity contribution in [2.75, 3.05) is 0 Å². The Morgan fingerprint density at radius 3 is 2.45 bits per heavy atom. The van der Waals surface area contributed by atoms with Gasteiger partial charge in [0, 0.05) is 17.9 Å². The maximum atomic E-state index is 13.3. The molecule has 0 aromatic heterocycles. The second kappa shape index (κ2) is 8.71. The number of aliphatic hydroxyl groups is 2. The summed E-state index contributed by atoms with van der Waals surface area (Å²) in [5.41, 5.74) is 7.72. The van der Waals surface area contributed by atoms with E-state index >= 15 is 0 Å². The molecule has 6 atom stereocenters. The molecule has 166 valence electrons. The van der Waals surface area contributed by atoms with E-state index in [1.54, 1.807) is 6.92 Å². The van der Waals surface area contributed by atoms with Gasteiger partial charge in [-0.2, -0.15) is 0 Å². The van der Waals surface area contributed by atoms with Crippen LogP contribution in [0.15, 0.2) is 54.6 Å². The molecule has 1 saturated heterocycles.